The smallest absolute Gasteiger partial charge is 0.246 e. The number of rotatable bonds is 5. The van der Waals surface area contributed by atoms with Crippen molar-refractivity contribution in [1.29, 1.82) is 0 Å². The normalized spacial score (nSPS) is 17.5. The predicted molar refractivity (Wildman–Crippen MR) is 85.3 cm³/mol. The number of hydrogen-bond acceptors (Lipinski definition) is 4. The number of aliphatic hydroxyl groups is 1. The molecular formula is C15H27N3O3S. The number of nitrogens with zero attached hydrogens (tertiary/aromatic N) is 3. The van der Waals surface area contributed by atoms with E-state index in [-0.39, 0.29) is 23.5 Å². The topological polar surface area (TPSA) is 75.4 Å². The van der Waals surface area contributed by atoms with Crippen LogP contribution in [0.4, 0.5) is 0 Å². The van der Waals surface area contributed by atoms with Crippen molar-refractivity contribution >= 4 is 10.0 Å². The van der Waals surface area contributed by atoms with Crippen molar-refractivity contribution in [2.24, 2.45) is 0 Å². The van der Waals surface area contributed by atoms with Gasteiger partial charge in [-0.2, -0.15) is 9.40 Å². The minimum Gasteiger partial charge on any atom is -0.395 e. The van der Waals surface area contributed by atoms with Crippen molar-refractivity contribution in [3.63, 3.8) is 0 Å². The zero-order valence-corrected chi connectivity index (χ0v) is 14.7. The Bertz CT molecular complexity index is 610. The highest BCUT2D eigenvalue weighted by Gasteiger charge is 2.33. The molecule has 2 rings (SSSR count). The predicted octanol–water partition coefficient (Wildman–Crippen LogP) is 1.91. The molecule has 1 heterocycles. The van der Waals surface area contributed by atoms with Gasteiger partial charge in [-0.3, -0.25) is 4.68 Å². The third-order valence-electron chi connectivity index (χ3n) is 4.21. The maximum Gasteiger partial charge on any atom is 0.246 e. The van der Waals surface area contributed by atoms with Crippen molar-refractivity contribution in [2.75, 3.05) is 20.2 Å². The van der Waals surface area contributed by atoms with E-state index in [1.807, 2.05) is 25.5 Å². The van der Waals surface area contributed by atoms with Crippen LogP contribution in [0.1, 0.15) is 58.2 Å². The highest BCUT2D eigenvalue weighted by atomic mass is 32.2. The third-order valence-corrected chi connectivity index (χ3v) is 6.07. The molecular weight excluding hydrogens is 302 g/mol. The molecule has 1 aromatic heterocycles. The van der Waals surface area contributed by atoms with Gasteiger partial charge in [0.05, 0.1) is 18.3 Å². The maximum absolute atomic E-state index is 12.8. The van der Waals surface area contributed by atoms with Gasteiger partial charge >= 0.3 is 0 Å². The van der Waals surface area contributed by atoms with E-state index in [0.717, 1.165) is 12.8 Å². The molecule has 1 aromatic rings. The molecule has 0 atom stereocenters. The van der Waals surface area contributed by atoms with E-state index in [2.05, 4.69) is 5.10 Å². The van der Waals surface area contributed by atoms with E-state index < -0.39 is 10.0 Å². The third kappa shape index (κ3) is 3.36. The Labute approximate surface area is 133 Å². The highest BCUT2D eigenvalue weighted by Crippen LogP contribution is 2.34. The van der Waals surface area contributed by atoms with Crippen molar-refractivity contribution in [1.82, 2.24) is 14.1 Å². The molecule has 126 valence electrons. The Morgan fingerprint density at radius 2 is 1.95 bits per heavy atom. The molecule has 0 radical (unpaired) electrons. The summed E-state index contributed by atoms with van der Waals surface area (Å²) in [4.78, 5) is 0.267. The molecule has 22 heavy (non-hydrogen) atoms. The van der Waals surface area contributed by atoms with Gasteiger partial charge in [0, 0.05) is 25.2 Å². The zero-order valence-electron chi connectivity index (χ0n) is 13.9. The number of hydrogen-bond donors (Lipinski definition) is 1. The van der Waals surface area contributed by atoms with Gasteiger partial charge in [-0.05, 0) is 12.8 Å². The van der Waals surface area contributed by atoms with Gasteiger partial charge in [-0.25, -0.2) is 8.42 Å². The molecule has 1 aliphatic rings. The molecule has 7 heteroatoms. The first-order valence-electron chi connectivity index (χ1n) is 7.84. The number of sulfonamides is 1. The Balaban J connectivity index is 2.49. The van der Waals surface area contributed by atoms with Crippen LogP contribution in [0.15, 0.2) is 11.1 Å². The minimum absolute atomic E-state index is 0.0839. The molecule has 1 aliphatic carbocycles. The maximum atomic E-state index is 12.8. The summed E-state index contributed by atoms with van der Waals surface area (Å²) >= 11 is 0. The van der Waals surface area contributed by atoms with Crippen molar-refractivity contribution in [3.05, 3.63) is 11.9 Å². The van der Waals surface area contributed by atoms with Gasteiger partial charge in [0.15, 0.2) is 0 Å². The van der Waals surface area contributed by atoms with Crippen LogP contribution >= 0.6 is 0 Å². The summed E-state index contributed by atoms with van der Waals surface area (Å²) in [6.45, 7) is 5.80. The van der Waals surface area contributed by atoms with Crippen LogP contribution in [-0.4, -0.2) is 47.8 Å². The summed E-state index contributed by atoms with van der Waals surface area (Å²) < 4.78 is 28.6. The summed E-state index contributed by atoms with van der Waals surface area (Å²) in [5.74, 6) is 0. The lowest BCUT2D eigenvalue weighted by Crippen LogP contribution is -2.31. The molecule has 0 saturated heterocycles. The minimum atomic E-state index is -3.63. The largest absolute Gasteiger partial charge is 0.395 e. The van der Waals surface area contributed by atoms with Crippen LogP contribution in [0.2, 0.25) is 0 Å². The van der Waals surface area contributed by atoms with Crippen molar-refractivity contribution < 1.29 is 13.5 Å². The molecule has 0 bridgehead atoms. The van der Waals surface area contributed by atoms with Crippen molar-refractivity contribution in [3.8, 4) is 0 Å². The van der Waals surface area contributed by atoms with Gasteiger partial charge in [0.1, 0.15) is 4.90 Å². The summed E-state index contributed by atoms with van der Waals surface area (Å²) in [5, 5.41) is 13.6. The lowest BCUT2D eigenvalue weighted by molar-refractivity contribution is 0.266. The van der Waals surface area contributed by atoms with Gasteiger partial charge in [-0.15, -0.1) is 0 Å². The van der Waals surface area contributed by atoms with Crippen LogP contribution in [0.3, 0.4) is 0 Å². The Morgan fingerprint density at radius 1 is 1.36 bits per heavy atom. The zero-order chi connectivity index (χ0) is 16.5. The number of likely N-dealkylation sites (N-methyl/N-ethyl adjacent to an activating group) is 1. The second kappa shape index (κ2) is 6.29. The summed E-state index contributed by atoms with van der Waals surface area (Å²) in [6, 6.07) is 0.299. The molecule has 1 saturated carbocycles. The van der Waals surface area contributed by atoms with Crippen LogP contribution in [0.25, 0.3) is 0 Å². The monoisotopic (exact) mass is 329 g/mol. The average Bonchev–Trinajstić information content (AvgIpc) is 3.07. The van der Waals surface area contributed by atoms with E-state index in [1.54, 1.807) is 6.20 Å². The van der Waals surface area contributed by atoms with Gasteiger partial charge in [-0.1, -0.05) is 33.6 Å². The first kappa shape index (κ1) is 17.4. The van der Waals surface area contributed by atoms with E-state index >= 15 is 0 Å². The number of aromatic nitrogens is 2. The Hall–Kier alpha value is -0.920. The second-order valence-electron chi connectivity index (χ2n) is 7.06. The quantitative estimate of drug-likeness (QED) is 0.895. The van der Waals surface area contributed by atoms with E-state index in [1.165, 1.54) is 24.2 Å². The lowest BCUT2D eigenvalue weighted by atomic mass is 9.92. The number of aliphatic hydroxyl groups excluding tert-OH is 1. The molecule has 0 aliphatic heterocycles. The first-order chi connectivity index (χ1) is 10.2. The van der Waals surface area contributed by atoms with Crippen molar-refractivity contribution in [2.45, 2.75) is 62.8 Å². The molecule has 0 spiro atoms. The summed E-state index contributed by atoms with van der Waals surface area (Å²) in [7, 11) is -2.14. The fourth-order valence-electron chi connectivity index (χ4n) is 2.87. The molecule has 6 nitrogen and oxygen atoms in total. The SMILES string of the molecule is CN(CCO)S(=O)(=O)c1cn(C2CCCC2)nc1C(C)(C)C. The molecule has 0 aromatic carbocycles. The lowest BCUT2D eigenvalue weighted by Gasteiger charge is -2.20. The second-order valence-corrected chi connectivity index (χ2v) is 9.07. The van der Waals surface area contributed by atoms with Crippen LogP contribution in [-0.2, 0) is 15.4 Å². The summed E-state index contributed by atoms with van der Waals surface area (Å²) in [5.41, 5.74) is 0.246. The molecule has 0 amide bonds. The van der Waals surface area contributed by atoms with Gasteiger partial charge < -0.3 is 5.11 Å². The highest BCUT2D eigenvalue weighted by molar-refractivity contribution is 7.89. The molecule has 0 unspecified atom stereocenters. The fraction of sp³-hybridized carbons (Fsp3) is 0.800. The molecule has 1 N–H and O–H groups in total. The average molecular weight is 329 g/mol. The Morgan fingerprint density at radius 3 is 2.45 bits per heavy atom. The van der Waals surface area contributed by atoms with E-state index in [9.17, 15) is 8.42 Å². The van der Waals surface area contributed by atoms with Gasteiger partial charge in [0.2, 0.25) is 10.0 Å². The van der Waals surface area contributed by atoms with Crippen LogP contribution < -0.4 is 0 Å². The van der Waals surface area contributed by atoms with E-state index in [0.29, 0.717) is 11.7 Å². The van der Waals surface area contributed by atoms with Crippen LogP contribution in [0, 0.1) is 0 Å². The van der Waals surface area contributed by atoms with E-state index in [4.69, 9.17) is 5.11 Å². The van der Waals surface area contributed by atoms with Crippen LogP contribution in [0.5, 0.6) is 0 Å². The fourth-order valence-corrected chi connectivity index (χ4v) is 4.36. The Kier molecular flexibility index (Phi) is 4.99. The molecule has 1 fully saturated rings. The summed E-state index contributed by atoms with van der Waals surface area (Å²) in [6.07, 6.45) is 6.12. The first-order valence-corrected chi connectivity index (χ1v) is 9.28. The van der Waals surface area contributed by atoms with Gasteiger partial charge in [0.25, 0.3) is 0 Å². The standard InChI is InChI=1S/C15H27N3O3S/c1-15(2,3)14-13(22(20,21)17(4)9-10-19)11-18(16-14)12-7-5-6-8-12/h11-12,19H,5-10H2,1-4H3.